The third-order valence-electron chi connectivity index (χ3n) is 4.35. The normalized spacial score (nSPS) is 15.6. The monoisotopic (exact) mass is 395 g/mol. The average Bonchev–Trinajstić information content (AvgIpc) is 3.00. The largest absolute Gasteiger partial charge is 0.354 e. The number of hydrogen-bond acceptors (Lipinski definition) is 4. The van der Waals surface area contributed by atoms with Gasteiger partial charge in [0.1, 0.15) is 5.69 Å². The van der Waals surface area contributed by atoms with Crippen molar-refractivity contribution < 1.29 is 9.18 Å². The molecule has 0 unspecified atom stereocenters. The topological polar surface area (TPSA) is 54.3 Å². The van der Waals surface area contributed by atoms with Gasteiger partial charge in [-0.2, -0.15) is 5.10 Å². The highest BCUT2D eigenvalue weighted by Crippen LogP contribution is 2.25. The van der Waals surface area contributed by atoms with Crippen LogP contribution in [0.1, 0.15) is 23.3 Å². The van der Waals surface area contributed by atoms with Crippen molar-refractivity contribution in [1.82, 2.24) is 19.7 Å². The Kier molecular flexibility index (Phi) is 4.84. The van der Waals surface area contributed by atoms with Crippen LogP contribution >= 0.6 is 15.9 Å². The van der Waals surface area contributed by atoms with Gasteiger partial charge in [0.15, 0.2) is 11.6 Å². The van der Waals surface area contributed by atoms with Crippen molar-refractivity contribution in [1.29, 1.82) is 0 Å². The molecule has 0 aromatic carbocycles. The SMILES string of the molecule is CN(C(=O)c1ccn(C)n1)C1CCN(c2ncc(Br)cc2F)CC1. The Labute approximate surface area is 148 Å². The van der Waals surface area contributed by atoms with E-state index in [9.17, 15) is 9.18 Å². The van der Waals surface area contributed by atoms with E-state index in [0.29, 0.717) is 29.1 Å². The fourth-order valence-electron chi connectivity index (χ4n) is 2.98. The molecule has 0 saturated carbocycles. The first kappa shape index (κ1) is 16.9. The first-order valence-electron chi connectivity index (χ1n) is 7.78. The second-order valence-electron chi connectivity index (χ2n) is 5.97. The Hall–Kier alpha value is -1.96. The van der Waals surface area contributed by atoms with Gasteiger partial charge in [-0.05, 0) is 40.9 Å². The highest BCUT2D eigenvalue weighted by atomic mass is 79.9. The van der Waals surface area contributed by atoms with Crippen molar-refractivity contribution in [2.45, 2.75) is 18.9 Å². The molecule has 8 heteroatoms. The minimum absolute atomic E-state index is 0.0815. The molecule has 0 atom stereocenters. The van der Waals surface area contributed by atoms with Crippen molar-refractivity contribution in [2.75, 3.05) is 25.0 Å². The summed E-state index contributed by atoms with van der Waals surface area (Å²) >= 11 is 3.22. The molecule has 2 aromatic rings. The highest BCUT2D eigenvalue weighted by molar-refractivity contribution is 9.10. The van der Waals surface area contributed by atoms with Crippen LogP contribution in [0.4, 0.5) is 10.2 Å². The van der Waals surface area contributed by atoms with Crippen molar-refractivity contribution in [3.05, 3.63) is 40.5 Å². The van der Waals surface area contributed by atoms with Crippen LogP contribution in [0.2, 0.25) is 0 Å². The summed E-state index contributed by atoms with van der Waals surface area (Å²) in [6, 6.07) is 3.26. The van der Waals surface area contributed by atoms with Gasteiger partial charge in [-0.25, -0.2) is 9.37 Å². The minimum Gasteiger partial charge on any atom is -0.354 e. The molecular weight excluding hydrogens is 377 g/mol. The predicted octanol–water partition coefficient (Wildman–Crippen LogP) is 2.46. The van der Waals surface area contributed by atoms with Gasteiger partial charge in [0.05, 0.1) is 0 Å². The van der Waals surface area contributed by atoms with Crippen molar-refractivity contribution in [2.24, 2.45) is 7.05 Å². The van der Waals surface area contributed by atoms with Crippen LogP contribution in [0.3, 0.4) is 0 Å². The van der Waals surface area contributed by atoms with E-state index in [-0.39, 0.29) is 17.8 Å². The lowest BCUT2D eigenvalue weighted by Crippen LogP contribution is -2.46. The smallest absolute Gasteiger partial charge is 0.274 e. The van der Waals surface area contributed by atoms with E-state index >= 15 is 0 Å². The van der Waals surface area contributed by atoms with Crippen LogP contribution in [0, 0.1) is 5.82 Å². The number of rotatable bonds is 3. The summed E-state index contributed by atoms with van der Waals surface area (Å²) in [5.41, 5.74) is 0.447. The van der Waals surface area contributed by atoms with Gasteiger partial charge in [-0.1, -0.05) is 0 Å². The van der Waals surface area contributed by atoms with Crippen molar-refractivity contribution in [3.63, 3.8) is 0 Å². The Morgan fingerprint density at radius 3 is 2.71 bits per heavy atom. The first-order valence-corrected chi connectivity index (χ1v) is 8.58. The van der Waals surface area contributed by atoms with Crippen molar-refractivity contribution in [3.8, 4) is 0 Å². The number of amides is 1. The minimum atomic E-state index is -0.333. The summed E-state index contributed by atoms with van der Waals surface area (Å²) in [5, 5.41) is 4.16. The zero-order valence-corrected chi connectivity index (χ0v) is 15.2. The van der Waals surface area contributed by atoms with E-state index in [1.54, 1.807) is 42.1 Å². The molecule has 0 N–H and O–H groups in total. The molecule has 0 bridgehead atoms. The van der Waals surface area contributed by atoms with Gasteiger partial charge in [-0.3, -0.25) is 9.48 Å². The molecule has 1 amide bonds. The number of anilines is 1. The Morgan fingerprint density at radius 1 is 1.42 bits per heavy atom. The molecule has 128 valence electrons. The van der Waals surface area contributed by atoms with Gasteiger partial charge >= 0.3 is 0 Å². The van der Waals surface area contributed by atoms with Crippen LogP contribution in [-0.4, -0.2) is 51.8 Å². The summed E-state index contributed by atoms with van der Waals surface area (Å²) in [5.74, 6) is -0.0434. The number of halogens is 2. The van der Waals surface area contributed by atoms with Gasteiger partial charge in [0.2, 0.25) is 0 Å². The van der Waals surface area contributed by atoms with Crippen LogP contribution in [0.25, 0.3) is 0 Å². The molecule has 1 aliphatic rings. The molecule has 3 rings (SSSR count). The zero-order chi connectivity index (χ0) is 17.3. The number of aryl methyl sites for hydroxylation is 1. The van der Waals surface area contributed by atoms with Crippen molar-refractivity contribution >= 4 is 27.7 Å². The van der Waals surface area contributed by atoms with Crippen LogP contribution in [0.15, 0.2) is 29.0 Å². The third kappa shape index (κ3) is 3.43. The average molecular weight is 396 g/mol. The second kappa shape index (κ2) is 6.88. The fourth-order valence-corrected chi connectivity index (χ4v) is 3.28. The summed E-state index contributed by atoms with van der Waals surface area (Å²) in [6.07, 6.45) is 4.89. The van der Waals surface area contributed by atoms with Crippen LogP contribution < -0.4 is 4.90 Å². The lowest BCUT2D eigenvalue weighted by molar-refractivity contribution is 0.0702. The third-order valence-corrected chi connectivity index (χ3v) is 4.79. The van der Waals surface area contributed by atoms with Gasteiger partial charge in [0, 0.05) is 50.1 Å². The maximum Gasteiger partial charge on any atom is 0.274 e. The van der Waals surface area contributed by atoms with Crippen LogP contribution in [0.5, 0.6) is 0 Å². The Morgan fingerprint density at radius 2 is 2.12 bits per heavy atom. The van der Waals surface area contributed by atoms with E-state index in [2.05, 4.69) is 26.0 Å². The fraction of sp³-hybridized carbons (Fsp3) is 0.438. The standard InChI is InChI=1S/C16H19BrFN5O/c1-21-6-5-14(20-21)16(24)22(2)12-3-7-23(8-4-12)15-13(18)9-11(17)10-19-15/h5-6,9-10,12H,3-4,7-8H2,1-2H3. The molecule has 2 aromatic heterocycles. The Bertz CT molecular complexity index is 742. The summed E-state index contributed by atoms with van der Waals surface area (Å²) in [7, 11) is 3.59. The summed E-state index contributed by atoms with van der Waals surface area (Å²) < 4.78 is 16.3. The number of hydrogen-bond donors (Lipinski definition) is 0. The van der Waals surface area contributed by atoms with Crippen LogP contribution in [-0.2, 0) is 7.05 Å². The maximum absolute atomic E-state index is 14.0. The molecule has 6 nitrogen and oxygen atoms in total. The predicted molar refractivity (Wildman–Crippen MR) is 92.4 cm³/mol. The Balaban J connectivity index is 1.63. The van der Waals surface area contributed by atoms with E-state index in [4.69, 9.17) is 0 Å². The maximum atomic E-state index is 14.0. The molecular formula is C16H19BrFN5O. The highest BCUT2D eigenvalue weighted by Gasteiger charge is 2.28. The summed E-state index contributed by atoms with van der Waals surface area (Å²) in [6.45, 7) is 1.33. The number of carbonyl (C=O) groups excluding carboxylic acids is 1. The number of aromatic nitrogens is 3. The second-order valence-corrected chi connectivity index (χ2v) is 6.88. The zero-order valence-electron chi connectivity index (χ0n) is 13.6. The molecule has 0 aliphatic carbocycles. The summed E-state index contributed by atoms with van der Waals surface area (Å²) in [4.78, 5) is 20.3. The quantitative estimate of drug-likeness (QED) is 0.800. The van der Waals surface area contributed by atoms with E-state index in [0.717, 1.165) is 12.8 Å². The van der Waals surface area contributed by atoms with Gasteiger partial charge in [0.25, 0.3) is 5.91 Å². The molecule has 1 fully saturated rings. The lowest BCUT2D eigenvalue weighted by atomic mass is 10.0. The lowest BCUT2D eigenvalue weighted by Gasteiger charge is -2.37. The number of piperidine rings is 1. The van der Waals surface area contributed by atoms with E-state index in [1.807, 2.05) is 4.90 Å². The number of carbonyl (C=O) groups is 1. The number of nitrogens with zero attached hydrogens (tertiary/aromatic N) is 5. The van der Waals surface area contributed by atoms with Gasteiger partial charge in [-0.15, -0.1) is 0 Å². The molecule has 0 radical (unpaired) electrons. The number of pyridine rings is 1. The molecule has 1 saturated heterocycles. The molecule has 3 heterocycles. The first-order chi connectivity index (χ1) is 11.5. The van der Waals surface area contributed by atoms with E-state index < -0.39 is 0 Å². The molecule has 24 heavy (non-hydrogen) atoms. The molecule has 0 spiro atoms. The van der Waals surface area contributed by atoms with Gasteiger partial charge < -0.3 is 9.80 Å². The molecule has 1 aliphatic heterocycles. The van der Waals surface area contributed by atoms with E-state index in [1.165, 1.54) is 6.07 Å².